The largest absolute Gasteiger partial charge is 0.367 e. The third-order valence-corrected chi connectivity index (χ3v) is 2.76. The standard InChI is InChI=1S/C11H17N3.ClH/c1-9-7-11(13-8-12-9)14-10-5-3-2-4-6-10;/h7-8,10H,2-6H2,1H3,(H,12,13,14);1H. The van der Waals surface area contributed by atoms with E-state index in [-0.39, 0.29) is 12.4 Å². The van der Waals surface area contributed by atoms with Crippen molar-refractivity contribution in [2.75, 3.05) is 5.32 Å². The highest BCUT2D eigenvalue weighted by atomic mass is 35.5. The molecular weight excluding hydrogens is 210 g/mol. The van der Waals surface area contributed by atoms with Crippen molar-refractivity contribution in [2.24, 2.45) is 0 Å². The van der Waals surface area contributed by atoms with Crippen molar-refractivity contribution in [3.63, 3.8) is 0 Å². The van der Waals surface area contributed by atoms with Crippen LogP contribution in [0.2, 0.25) is 0 Å². The second-order valence-corrected chi connectivity index (χ2v) is 4.02. The number of aromatic nitrogens is 2. The van der Waals surface area contributed by atoms with Gasteiger partial charge in [0.2, 0.25) is 0 Å². The summed E-state index contributed by atoms with van der Waals surface area (Å²) in [5, 5.41) is 3.47. The third-order valence-electron chi connectivity index (χ3n) is 2.76. The summed E-state index contributed by atoms with van der Waals surface area (Å²) in [6.07, 6.45) is 8.27. The maximum absolute atomic E-state index is 4.21. The van der Waals surface area contributed by atoms with Crippen LogP contribution in [-0.4, -0.2) is 16.0 Å². The van der Waals surface area contributed by atoms with Crippen LogP contribution in [0.25, 0.3) is 0 Å². The van der Waals surface area contributed by atoms with E-state index in [1.54, 1.807) is 6.33 Å². The third kappa shape index (κ3) is 3.67. The van der Waals surface area contributed by atoms with Gasteiger partial charge in [0.05, 0.1) is 0 Å². The van der Waals surface area contributed by atoms with E-state index in [0.717, 1.165) is 11.5 Å². The van der Waals surface area contributed by atoms with E-state index in [1.165, 1.54) is 32.1 Å². The lowest BCUT2D eigenvalue weighted by Crippen LogP contribution is -2.22. The van der Waals surface area contributed by atoms with Gasteiger partial charge < -0.3 is 5.32 Å². The molecule has 2 rings (SSSR count). The number of hydrogen-bond acceptors (Lipinski definition) is 3. The Labute approximate surface area is 97.1 Å². The number of rotatable bonds is 2. The van der Waals surface area contributed by atoms with E-state index >= 15 is 0 Å². The van der Waals surface area contributed by atoms with Gasteiger partial charge in [-0.1, -0.05) is 19.3 Å². The highest BCUT2D eigenvalue weighted by molar-refractivity contribution is 5.85. The molecule has 0 amide bonds. The lowest BCUT2D eigenvalue weighted by Gasteiger charge is -2.23. The molecular formula is C11H18ClN3. The van der Waals surface area contributed by atoms with Crippen LogP contribution < -0.4 is 5.32 Å². The Morgan fingerprint density at radius 2 is 1.93 bits per heavy atom. The predicted molar refractivity (Wildman–Crippen MR) is 64.5 cm³/mol. The van der Waals surface area contributed by atoms with E-state index in [9.17, 15) is 0 Å². The summed E-state index contributed by atoms with van der Waals surface area (Å²) in [6, 6.07) is 2.63. The van der Waals surface area contributed by atoms with E-state index in [1.807, 2.05) is 13.0 Å². The first-order chi connectivity index (χ1) is 6.84. The minimum absolute atomic E-state index is 0. The summed E-state index contributed by atoms with van der Waals surface area (Å²) in [5.74, 6) is 0.976. The van der Waals surface area contributed by atoms with Crippen molar-refractivity contribution in [1.29, 1.82) is 0 Å². The molecule has 0 atom stereocenters. The summed E-state index contributed by atoms with van der Waals surface area (Å²) in [6.45, 7) is 1.99. The molecule has 0 spiro atoms. The van der Waals surface area contributed by atoms with Gasteiger partial charge in [-0.2, -0.15) is 0 Å². The van der Waals surface area contributed by atoms with Crippen molar-refractivity contribution < 1.29 is 0 Å². The fraction of sp³-hybridized carbons (Fsp3) is 0.636. The molecule has 1 fully saturated rings. The maximum Gasteiger partial charge on any atom is 0.129 e. The maximum atomic E-state index is 4.21. The van der Waals surface area contributed by atoms with Crippen molar-refractivity contribution in [3.8, 4) is 0 Å². The lowest BCUT2D eigenvalue weighted by molar-refractivity contribution is 0.462. The predicted octanol–water partition coefficient (Wildman–Crippen LogP) is 2.95. The van der Waals surface area contributed by atoms with Crippen LogP contribution in [-0.2, 0) is 0 Å². The van der Waals surface area contributed by atoms with Crippen LogP contribution in [0.15, 0.2) is 12.4 Å². The van der Waals surface area contributed by atoms with Crippen LogP contribution in [0.3, 0.4) is 0 Å². The smallest absolute Gasteiger partial charge is 0.129 e. The minimum atomic E-state index is 0. The molecule has 1 aliphatic carbocycles. The molecule has 0 saturated heterocycles. The molecule has 1 aromatic heterocycles. The summed E-state index contributed by atoms with van der Waals surface area (Å²) < 4.78 is 0. The normalized spacial score (nSPS) is 16.9. The van der Waals surface area contributed by atoms with Crippen molar-refractivity contribution in [3.05, 3.63) is 18.1 Å². The zero-order valence-electron chi connectivity index (χ0n) is 9.07. The van der Waals surface area contributed by atoms with Crippen LogP contribution in [0, 0.1) is 6.92 Å². The van der Waals surface area contributed by atoms with Gasteiger partial charge in [0, 0.05) is 17.8 Å². The van der Waals surface area contributed by atoms with Crippen LogP contribution in [0.1, 0.15) is 37.8 Å². The average molecular weight is 228 g/mol. The minimum Gasteiger partial charge on any atom is -0.367 e. The Kier molecular flexibility index (Phi) is 4.82. The molecule has 0 aliphatic heterocycles. The second-order valence-electron chi connectivity index (χ2n) is 4.02. The molecule has 15 heavy (non-hydrogen) atoms. The summed E-state index contributed by atoms with van der Waals surface area (Å²) in [4.78, 5) is 8.29. The Bertz CT molecular complexity index is 298. The van der Waals surface area contributed by atoms with E-state index in [4.69, 9.17) is 0 Å². The monoisotopic (exact) mass is 227 g/mol. The van der Waals surface area contributed by atoms with E-state index in [2.05, 4.69) is 15.3 Å². The molecule has 4 heteroatoms. The van der Waals surface area contributed by atoms with Crippen LogP contribution >= 0.6 is 12.4 Å². The Morgan fingerprint density at radius 3 is 2.60 bits per heavy atom. The fourth-order valence-corrected chi connectivity index (χ4v) is 1.99. The lowest BCUT2D eigenvalue weighted by atomic mass is 9.95. The molecule has 84 valence electrons. The number of halogens is 1. The first-order valence-corrected chi connectivity index (χ1v) is 5.40. The molecule has 1 heterocycles. The van der Waals surface area contributed by atoms with E-state index in [0.29, 0.717) is 6.04 Å². The number of nitrogens with zero attached hydrogens (tertiary/aromatic N) is 2. The molecule has 0 aromatic carbocycles. The van der Waals surface area contributed by atoms with Gasteiger partial charge in [0.1, 0.15) is 12.1 Å². The van der Waals surface area contributed by atoms with Crippen molar-refractivity contribution in [1.82, 2.24) is 9.97 Å². The van der Waals surface area contributed by atoms with Crippen molar-refractivity contribution >= 4 is 18.2 Å². The van der Waals surface area contributed by atoms with Crippen LogP contribution in [0.4, 0.5) is 5.82 Å². The van der Waals surface area contributed by atoms with E-state index < -0.39 is 0 Å². The van der Waals surface area contributed by atoms with Gasteiger partial charge >= 0.3 is 0 Å². The highest BCUT2D eigenvalue weighted by Gasteiger charge is 2.13. The zero-order valence-corrected chi connectivity index (χ0v) is 9.89. The quantitative estimate of drug-likeness (QED) is 0.844. The molecule has 0 bridgehead atoms. The number of aryl methyl sites for hydroxylation is 1. The molecule has 1 saturated carbocycles. The molecule has 0 unspecified atom stereocenters. The van der Waals surface area contributed by atoms with Gasteiger partial charge in [-0.3, -0.25) is 0 Å². The molecule has 3 nitrogen and oxygen atoms in total. The zero-order chi connectivity index (χ0) is 9.80. The molecule has 0 radical (unpaired) electrons. The van der Waals surface area contributed by atoms with Gasteiger partial charge in [-0.05, 0) is 19.8 Å². The van der Waals surface area contributed by atoms with Gasteiger partial charge in [-0.25, -0.2) is 9.97 Å². The molecule has 1 aliphatic rings. The second kappa shape index (κ2) is 5.91. The number of anilines is 1. The number of nitrogens with one attached hydrogen (secondary N) is 1. The fourth-order valence-electron chi connectivity index (χ4n) is 1.99. The van der Waals surface area contributed by atoms with Crippen LogP contribution in [0.5, 0.6) is 0 Å². The SMILES string of the molecule is Cc1cc(NC2CCCCC2)ncn1.Cl. The summed E-state index contributed by atoms with van der Waals surface area (Å²) in [7, 11) is 0. The summed E-state index contributed by atoms with van der Waals surface area (Å²) >= 11 is 0. The Hall–Kier alpha value is -0.830. The Morgan fingerprint density at radius 1 is 1.20 bits per heavy atom. The number of hydrogen-bond donors (Lipinski definition) is 1. The van der Waals surface area contributed by atoms with Crippen molar-refractivity contribution in [2.45, 2.75) is 45.1 Å². The van der Waals surface area contributed by atoms with Gasteiger partial charge in [0.25, 0.3) is 0 Å². The first kappa shape index (κ1) is 12.2. The molecule has 1 N–H and O–H groups in total. The average Bonchev–Trinajstić information content (AvgIpc) is 2.19. The first-order valence-electron chi connectivity index (χ1n) is 5.40. The Balaban J connectivity index is 0.00000112. The topological polar surface area (TPSA) is 37.8 Å². The van der Waals surface area contributed by atoms with Gasteiger partial charge in [-0.15, -0.1) is 12.4 Å². The molecule has 1 aromatic rings. The summed E-state index contributed by atoms with van der Waals surface area (Å²) in [5.41, 5.74) is 1.03. The van der Waals surface area contributed by atoms with Gasteiger partial charge in [0.15, 0.2) is 0 Å². The highest BCUT2D eigenvalue weighted by Crippen LogP contribution is 2.20.